The maximum absolute atomic E-state index is 12.1. The molecule has 0 aliphatic carbocycles. The Kier molecular flexibility index (Phi) is 8.58. The van der Waals surface area contributed by atoms with Gasteiger partial charge in [0, 0.05) is 18.8 Å². The Hall–Kier alpha value is -2.23. The highest BCUT2D eigenvalue weighted by Gasteiger charge is 2.09. The molecule has 23 heavy (non-hydrogen) atoms. The summed E-state index contributed by atoms with van der Waals surface area (Å²) < 4.78 is 5.67. The summed E-state index contributed by atoms with van der Waals surface area (Å²) in [7, 11) is 0. The van der Waals surface area contributed by atoms with Crippen LogP contribution in [0.3, 0.4) is 0 Å². The topological polar surface area (TPSA) is 41.6 Å². The van der Waals surface area contributed by atoms with Gasteiger partial charge in [-0.2, -0.15) is 0 Å². The zero-order chi connectivity index (χ0) is 17.1. The molecule has 0 spiro atoms. The van der Waals surface area contributed by atoms with Crippen LogP contribution in [0.25, 0.3) is 0 Å². The van der Waals surface area contributed by atoms with Crippen molar-refractivity contribution in [2.45, 2.75) is 20.3 Å². The van der Waals surface area contributed by atoms with Gasteiger partial charge < -0.3 is 15.0 Å². The SMILES string of the molecule is C=CCN(CC=C)C(=O)CNc1ccc(OCCC(C)C)cc1. The first kappa shape index (κ1) is 18.8. The van der Waals surface area contributed by atoms with Crippen LogP contribution in [0.5, 0.6) is 5.75 Å². The van der Waals surface area contributed by atoms with Crippen LogP contribution in [0.1, 0.15) is 20.3 Å². The molecule has 0 aliphatic rings. The monoisotopic (exact) mass is 316 g/mol. The molecule has 1 N–H and O–H groups in total. The van der Waals surface area contributed by atoms with E-state index in [0.717, 1.165) is 24.5 Å². The van der Waals surface area contributed by atoms with Crippen LogP contribution in [0.4, 0.5) is 5.69 Å². The van der Waals surface area contributed by atoms with Gasteiger partial charge in [-0.1, -0.05) is 26.0 Å². The number of amides is 1. The van der Waals surface area contributed by atoms with E-state index in [9.17, 15) is 4.79 Å². The molecule has 0 fully saturated rings. The smallest absolute Gasteiger partial charge is 0.242 e. The third-order valence-corrected chi connectivity index (χ3v) is 3.31. The molecular formula is C19H28N2O2. The van der Waals surface area contributed by atoms with E-state index in [1.54, 1.807) is 17.1 Å². The van der Waals surface area contributed by atoms with Gasteiger partial charge in [0.1, 0.15) is 5.75 Å². The van der Waals surface area contributed by atoms with Gasteiger partial charge in [-0.3, -0.25) is 4.79 Å². The molecule has 0 unspecified atom stereocenters. The first-order valence-electron chi connectivity index (χ1n) is 8.03. The average molecular weight is 316 g/mol. The van der Waals surface area contributed by atoms with E-state index >= 15 is 0 Å². The third kappa shape index (κ3) is 7.54. The zero-order valence-electron chi connectivity index (χ0n) is 14.3. The Labute approximate surface area is 139 Å². The van der Waals surface area contributed by atoms with Crippen LogP contribution in [-0.2, 0) is 4.79 Å². The maximum Gasteiger partial charge on any atom is 0.242 e. The molecule has 0 atom stereocenters. The van der Waals surface area contributed by atoms with E-state index in [2.05, 4.69) is 32.3 Å². The largest absolute Gasteiger partial charge is 0.494 e. The van der Waals surface area contributed by atoms with Crippen molar-refractivity contribution < 1.29 is 9.53 Å². The average Bonchev–Trinajstić information content (AvgIpc) is 2.53. The fraction of sp³-hybridized carbons (Fsp3) is 0.421. The van der Waals surface area contributed by atoms with E-state index in [4.69, 9.17) is 4.74 Å². The lowest BCUT2D eigenvalue weighted by molar-refractivity contribution is -0.128. The number of nitrogens with zero attached hydrogens (tertiary/aromatic N) is 1. The lowest BCUT2D eigenvalue weighted by atomic mass is 10.1. The standard InChI is InChI=1S/C19H28N2O2/c1-5-12-21(13-6-2)19(22)15-20-17-7-9-18(10-8-17)23-14-11-16(3)4/h5-10,16,20H,1-2,11-15H2,3-4H3. The van der Waals surface area contributed by atoms with Gasteiger partial charge in [0.2, 0.25) is 5.91 Å². The summed E-state index contributed by atoms with van der Waals surface area (Å²) in [5.41, 5.74) is 0.895. The highest BCUT2D eigenvalue weighted by atomic mass is 16.5. The summed E-state index contributed by atoms with van der Waals surface area (Å²) in [6.07, 6.45) is 4.46. The quantitative estimate of drug-likeness (QED) is 0.633. The second kappa shape index (κ2) is 10.5. The molecule has 4 nitrogen and oxygen atoms in total. The van der Waals surface area contributed by atoms with Gasteiger partial charge in [-0.15, -0.1) is 13.2 Å². The van der Waals surface area contributed by atoms with E-state index in [1.807, 2.05) is 24.3 Å². The molecule has 0 radical (unpaired) electrons. The molecule has 1 aromatic carbocycles. The van der Waals surface area contributed by atoms with Gasteiger partial charge in [0.15, 0.2) is 0 Å². The fourth-order valence-corrected chi connectivity index (χ4v) is 1.96. The molecule has 1 rings (SSSR count). The minimum Gasteiger partial charge on any atom is -0.494 e. The van der Waals surface area contributed by atoms with Crippen molar-refractivity contribution in [2.24, 2.45) is 5.92 Å². The number of carbonyl (C=O) groups is 1. The Morgan fingerprint density at radius 3 is 2.35 bits per heavy atom. The van der Waals surface area contributed by atoms with Gasteiger partial charge >= 0.3 is 0 Å². The second-order valence-corrected chi connectivity index (χ2v) is 5.78. The normalized spacial score (nSPS) is 10.2. The number of nitrogens with one attached hydrogen (secondary N) is 1. The van der Waals surface area contributed by atoms with Crippen LogP contribution in [0.2, 0.25) is 0 Å². The highest BCUT2D eigenvalue weighted by molar-refractivity contribution is 5.81. The summed E-state index contributed by atoms with van der Waals surface area (Å²) in [5.74, 6) is 1.50. The molecule has 1 aromatic rings. The molecule has 0 saturated heterocycles. The number of carbonyl (C=O) groups excluding carboxylic acids is 1. The van der Waals surface area contributed by atoms with Crippen molar-refractivity contribution in [3.63, 3.8) is 0 Å². The van der Waals surface area contributed by atoms with E-state index in [-0.39, 0.29) is 12.5 Å². The Bertz CT molecular complexity index is 485. The molecular weight excluding hydrogens is 288 g/mol. The maximum atomic E-state index is 12.1. The van der Waals surface area contributed by atoms with Crippen molar-refractivity contribution in [1.82, 2.24) is 4.90 Å². The molecule has 0 heterocycles. The van der Waals surface area contributed by atoms with Gasteiger partial charge in [0.05, 0.1) is 13.2 Å². The van der Waals surface area contributed by atoms with Gasteiger partial charge in [-0.25, -0.2) is 0 Å². The number of benzene rings is 1. The number of hydrogen-bond acceptors (Lipinski definition) is 3. The van der Waals surface area contributed by atoms with Crippen molar-refractivity contribution in [3.05, 3.63) is 49.6 Å². The summed E-state index contributed by atoms with van der Waals surface area (Å²) in [6, 6.07) is 7.67. The Morgan fingerprint density at radius 2 is 1.83 bits per heavy atom. The predicted molar refractivity (Wildman–Crippen MR) is 96.9 cm³/mol. The highest BCUT2D eigenvalue weighted by Crippen LogP contribution is 2.16. The number of ether oxygens (including phenoxy) is 1. The number of anilines is 1. The lowest BCUT2D eigenvalue weighted by Gasteiger charge is -2.19. The predicted octanol–water partition coefficient (Wildman–Crippen LogP) is 3.72. The molecule has 0 saturated carbocycles. The van der Waals surface area contributed by atoms with E-state index < -0.39 is 0 Å². The van der Waals surface area contributed by atoms with Crippen molar-refractivity contribution >= 4 is 11.6 Å². The number of rotatable bonds is 11. The Morgan fingerprint density at radius 1 is 1.22 bits per heavy atom. The molecule has 0 bridgehead atoms. The lowest BCUT2D eigenvalue weighted by Crippen LogP contribution is -2.35. The second-order valence-electron chi connectivity index (χ2n) is 5.78. The van der Waals surface area contributed by atoms with E-state index in [0.29, 0.717) is 19.0 Å². The van der Waals surface area contributed by atoms with Crippen molar-refractivity contribution in [2.75, 3.05) is 31.6 Å². The van der Waals surface area contributed by atoms with Crippen LogP contribution in [0, 0.1) is 5.92 Å². The van der Waals surface area contributed by atoms with Gasteiger partial charge in [-0.05, 0) is 36.6 Å². The van der Waals surface area contributed by atoms with Crippen molar-refractivity contribution in [1.29, 1.82) is 0 Å². The summed E-state index contributed by atoms with van der Waals surface area (Å²) in [6.45, 7) is 13.7. The first-order chi connectivity index (χ1) is 11.1. The van der Waals surface area contributed by atoms with Crippen LogP contribution in [-0.4, -0.2) is 37.0 Å². The minimum absolute atomic E-state index is 0.0158. The molecule has 126 valence electrons. The third-order valence-electron chi connectivity index (χ3n) is 3.31. The molecule has 1 amide bonds. The zero-order valence-corrected chi connectivity index (χ0v) is 14.3. The van der Waals surface area contributed by atoms with E-state index in [1.165, 1.54) is 0 Å². The fourth-order valence-electron chi connectivity index (χ4n) is 1.96. The molecule has 0 aromatic heterocycles. The molecule has 4 heteroatoms. The van der Waals surface area contributed by atoms with Crippen LogP contribution >= 0.6 is 0 Å². The van der Waals surface area contributed by atoms with Gasteiger partial charge in [0.25, 0.3) is 0 Å². The number of hydrogen-bond donors (Lipinski definition) is 1. The minimum atomic E-state index is 0.0158. The summed E-state index contributed by atoms with van der Waals surface area (Å²) in [4.78, 5) is 13.8. The van der Waals surface area contributed by atoms with Crippen molar-refractivity contribution in [3.8, 4) is 5.75 Å². The molecule has 0 aliphatic heterocycles. The van der Waals surface area contributed by atoms with Crippen LogP contribution < -0.4 is 10.1 Å². The summed E-state index contributed by atoms with van der Waals surface area (Å²) >= 11 is 0. The summed E-state index contributed by atoms with van der Waals surface area (Å²) in [5, 5.41) is 3.13. The first-order valence-corrected chi connectivity index (χ1v) is 8.03. The van der Waals surface area contributed by atoms with Crippen LogP contribution in [0.15, 0.2) is 49.6 Å². The Balaban J connectivity index is 2.43.